The predicted molar refractivity (Wildman–Crippen MR) is 78.2 cm³/mol. The summed E-state index contributed by atoms with van der Waals surface area (Å²) in [6, 6.07) is 0.983. The number of likely N-dealkylation sites (tertiary alicyclic amines) is 1. The van der Waals surface area contributed by atoms with Gasteiger partial charge in [-0.15, -0.1) is 12.4 Å². The Morgan fingerprint density at radius 2 is 2.17 bits per heavy atom. The van der Waals surface area contributed by atoms with Gasteiger partial charge in [0.15, 0.2) is 0 Å². The first-order chi connectivity index (χ1) is 7.97. The topological polar surface area (TPSA) is 35.6 Å². The largest absolute Gasteiger partial charge is 0.342 e. The van der Waals surface area contributed by atoms with Crippen LogP contribution in [0.15, 0.2) is 0 Å². The molecule has 18 heavy (non-hydrogen) atoms. The summed E-state index contributed by atoms with van der Waals surface area (Å²) in [4.78, 5) is 16.5. The van der Waals surface area contributed by atoms with Crippen LogP contribution in [0.4, 0.5) is 0 Å². The lowest BCUT2D eigenvalue weighted by Crippen LogP contribution is -2.49. The molecule has 0 bridgehead atoms. The maximum atomic E-state index is 12.2. The first kappa shape index (κ1) is 17.7. The number of hydrogen-bond donors (Lipinski definition) is 1. The molecule has 0 aliphatic carbocycles. The van der Waals surface area contributed by atoms with Crippen molar-refractivity contribution in [3.63, 3.8) is 0 Å². The Bertz CT molecular complexity index is 263. The summed E-state index contributed by atoms with van der Waals surface area (Å²) in [5.41, 5.74) is 0. The average molecular weight is 278 g/mol. The highest BCUT2D eigenvalue weighted by Crippen LogP contribution is 2.20. The van der Waals surface area contributed by atoms with Crippen LogP contribution in [0, 0.1) is 5.92 Å². The molecule has 108 valence electrons. The fourth-order valence-electron chi connectivity index (χ4n) is 2.54. The van der Waals surface area contributed by atoms with Crippen LogP contribution >= 0.6 is 12.4 Å². The number of carbonyl (C=O) groups is 1. The molecule has 0 aromatic rings. The Morgan fingerprint density at radius 3 is 2.67 bits per heavy atom. The zero-order valence-electron chi connectivity index (χ0n) is 12.3. The van der Waals surface area contributed by atoms with Crippen molar-refractivity contribution < 1.29 is 4.79 Å². The molecule has 0 radical (unpaired) electrons. The van der Waals surface area contributed by atoms with E-state index < -0.39 is 0 Å². The van der Waals surface area contributed by atoms with Gasteiger partial charge in [0.2, 0.25) is 5.91 Å². The van der Waals surface area contributed by atoms with E-state index in [-0.39, 0.29) is 24.2 Å². The molecule has 4 nitrogen and oxygen atoms in total. The maximum absolute atomic E-state index is 12.2. The first-order valence-electron chi connectivity index (χ1n) is 6.58. The lowest BCUT2D eigenvalue weighted by Gasteiger charge is -2.40. The maximum Gasteiger partial charge on any atom is 0.226 e. The molecule has 1 aliphatic rings. The second-order valence-corrected chi connectivity index (χ2v) is 5.42. The van der Waals surface area contributed by atoms with Crippen LogP contribution in [0.2, 0.25) is 0 Å². The summed E-state index contributed by atoms with van der Waals surface area (Å²) in [6.07, 6.45) is 2.18. The van der Waals surface area contributed by atoms with Crippen molar-refractivity contribution in [2.75, 3.05) is 34.2 Å². The fourth-order valence-corrected chi connectivity index (χ4v) is 2.54. The van der Waals surface area contributed by atoms with Crippen molar-refractivity contribution in [3.05, 3.63) is 0 Å². The van der Waals surface area contributed by atoms with Gasteiger partial charge in [-0.25, -0.2) is 0 Å². The molecule has 3 unspecified atom stereocenters. The zero-order valence-corrected chi connectivity index (χ0v) is 13.1. The summed E-state index contributed by atoms with van der Waals surface area (Å²) in [5, 5.41) is 3.07. The number of rotatable bonds is 4. The molecule has 0 aromatic heterocycles. The van der Waals surface area contributed by atoms with E-state index in [4.69, 9.17) is 0 Å². The van der Waals surface area contributed by atoms with Crippen LogP contribution < -0.4 is 5.32 Å². The van der Waals surface area contributed by atoms with E-state index in [0.717, 1.165) is 25.9 Å². The van der Waals surface area contributed by atoms with Crippen molar-refractivity contribution in [1.29, 1.82) is 0 Å². The van der Waals surface area contributed by atoms with Crippen molar-refractivity contribution in [2.24, 2.45) is 5.92 Å². The standard InChI is InChI=1S/C13H27N3O.ClH/c1-10(9-14-3)13(17)16(5)12-6-7-15(4)11(2)8-12;/h10-12,14H,6-9H2,1-5H3;1H. The molecule has 1 fully saturated rings. The van der Waals surface area contributed by atoms with Crippen LogP contribution in [0.3, 0.4) is 0 Å². The van der Waals surface area contributed by atoms with E-state index in [1.54, 1.807) is 0 Å². The highest BCUT2D eigenvalue weighted by molar-refractivity contribution is 5.85. The predicted octanol–water partition coefficient (Wildman–Crippen LogP) is 1.20. The molecule has 0 aromatic carbocycles. The number of carbonyl (C=O) groups excluding carboxylic acids is 1. The van der Waals surface area contributed by atoms with Gasteiger partial charge in [0.1, 0.15) is 0 Å². The molecule has 0 spiro atoms. The molecule has 1 aliphatic heterocycles. The molecule has 0 saturated carbocycles. The van der Waals surface area contributed by atoms with Crippen LogP contribution in [-0.4, -0.2) is 62.0 Å². The summed E-state index contributed by atoms with van der Waals surface area (Å²) < 4.78 is 0. The lowest BCUT2D eigenvalue weighted by atomic mass is 9.96. The molecule has 1 amide bonds. The summed E-state index contributed by atoms with van der Waals surface area (Å²) in [7, 11) is 6.00. The minimum Gasteiger partial charge on any atom is -0.342 e. The first-order valence-corrected chi connectivity index (χ1v) is 6.58. The second-order valence-electron chi connectivity index (χ2n) is 5.42. The SMILES string of the molecule is CNCC(C)C(=O)N(C)C1CCN(C)C(C)C1.Cl. The number of halogens is 1. The van der Waals surface area contributed by atoms with Gasteiger partial charge in [-0.3, -0.25) is 4.79 Å². The minimum atomic E-state index is 0. The van der Waals surface area contributed by atoms with E-state index in [1.165, 1.54) is 0 Å². The van der Waals surface area contributed by atoms with Gasteiger partial charge >= 0.3 is 0 Å². The molecule has 1 saturated heterocycles. The van der Waals surface area contributed by atoms with Crippen LogP contribution in [0.25, 0.3) is 0 Å². The quantitative estimate of drug-likeness (QED) is 0.839. The molecule has 1 heterocycles. The normalized spacial score (nSPS) is 26.3. The Hall–Kier alpha value is -0.320. The van der Waals surface area contributed by atoms with Gasteiger partial charge in [0.25, 0.3) is 0 Å². The smallest absolute Gasteiger partial charge is 0.226 e. The second kappa shape index (κ2) is 7.97. The van der Waals surface area contributed by atoms with Crippen molar-refractivity contribution in [2.45, 2.75) is 38.8 Å². The monoisotopic (exact) mass is 277 g/mol. The van der Waals surface area contributed by atoms with E-state index in [2.05, 4.69) is 24.2 Å². The number of hydrogen-bond acceptors (Lipinski definition) is 3. The Labute approximate surface area is 117 Å². The van der Waals surface area contributed by atoms with Crippen molar-refractivity contribution in [1.82, 2.24) is 15.1 Å². The molecule has 5 heteroatoms. The highest BCUT2D eigenvalue weighted by atomic mass is 35.5. The molecule has 1 N–H and O–H groups in total. The van der Waals surface area contributed by atoms with E-state index in [9.17, 15) is 4.79 Å². The van der Waals surface area contributed by atoms with Gasteiger partial charge in [-0.05, 0) is 33.9 Å². The number of piperidine rings is 1. The lowest BCUT2D eigenvalue weighted by molar-refractivity contribution is -0.136. The van der Waals surface area contributed by atoms with Gasteiger partial charge in [0.05, 0.1) is 0 Å². The Balaban J connectivity index is 0.00000289. The highest BCUT2D eigenvalue weighted by Gasteiger charge is 2.29. The Morgan fingerprint density at radius 1 is 1.56 bits per heavy atom. The zero-order chi connectivity index (χ0) is 13.0. The van der Waals surface area contributed by atoms with E-state index in [1.807, 2.05) is 25.9 Å². The van der Waals surface area contributed by atoms with Gasteiger partial charge in [-0.1, -0.05) is 6.92 Å². The number of nitrogens with one attached hydrogen (secondary N) is 1. The Kier molecular flexibility index (Phi) is 7.83. The molecule has 1 rings (SSSR count). The van der Waals surface area contributed by atoms with Gasteiger partial charge in [-0.2, -0.15) is 0 Å². The summed E-state index contributed by atoms with van der Waals surface area (Å²) in [6.45, 7) is 6.07. The molecular weight excluding hydrogens is 250 g/mol. The fraction of sp³-hybridized carbons (Fsp3) is 0.923. The summed E-state index contributed by atoms with van der Waals surface area (Å²) >= 11 is 0. The third kappa shape index (κ3) is 4.41. The van der Waals surface area contributed by atoms with Crippen LogP contribution in [0.5, 0.6) is 0 Å². The van der Waals surface area contributed by atoms with Crippen LogP contribution in [0.1, 0.15) is 26.7 Å². The molecule has 3 atom stereocenters. The van der Waals surface area contributed by atoms with Crippen LogP contribution in [-0.2, 0) is 4.79 Å². The van der Waals surface area contributed by atoms with Gasteiger partial charge in [0, 0.05) is 38.1 Å². The van der Waals surface area contributed by atoms with E-state index in [0.29, 0.717) is 12.1 Å². The summed E-state index contributed by atoms with van der Waals surface area (Å²) in [5.74, 6) is 0.334. The number of amides is 1. The van der Waals surface area contributed by atoms with Gasteiger partial charge < -0.3 is 15.1 Å². The third-order valence-corrected chi connectivity index (χ3v) is 4.01. The van der Waals surface area contributed by atoms with Crippen molar-refractivity contribution >= 4 is 18.3 Å². The third-order valence-electron chi connectivity index (χ3n) is 4.01. The average Bonchev–Trinajstić information content (AvgIpc) is 2.31. The van der Waals surface area contributed by atoms with Crippen molar-refractivity contribution in [3.8, 4) is 0 Å². The molecular formula is C13H28ClN3O. The number of nitrogens with zero attached hydrogens (tertiary/aromatic N) is 2. The van der Waals surface area contributed by atoms with E-state index >= 15 is 0 Å². The minimum absolute atomic E-state index is 0.